The summed E-state index contributed by atoms with van der Waals surface area (Å²) >= 11 is 3.47. The van der Waals surface area contributed by atoms with Crippen LogP contribution in [0.2, 0.25) is 0 Å². The van der Waals surface area contributed by atoms with Crippen molar-refractivity contribution in [3.8, 4) is 6.07 Å². The Bertz CT molecular complexity index is 1250. The highest BCUT2D eigenvalue weighted by Gasteiger charge is 2.24. The first kappa shape index (κ1) is 21.6. The smallest absolute Gasteiger partial charge is 0.238 e. The Morgan fingerprint density at radius 1 is 1.21 bits per heavy atom. The summed E-state index contributed by atoms with van der Waals surface area (Å²) in [6.07, 6.45) is 2.70. The number of hydrogen-bond donors (Lipinski definition) is 1. The molecule has 0 fully saturated rings. The maximum Gasteiger partial charge on any atom is 0.238 e. The van der Waals surface area contributed by atoms with E-state index in [4.69, 9.17) is 5.14 Å². The molecule has 0 bridgehead atoms. The van der Waals surface area contributed by atoms with Crippen LogP contribution in [0.3, 0.4) is 0 Å². The summed E-state index contributed by atoms with van der Waals surface area (Å²) in [7, 11) is -3.81. The zero-order valence-corrected chi connectivity index (χ0v) is 19.4. The highest BCUT2D eigenvalue weighted by atomic mass is 79.9. The second kappa shape index (κ2) is 7.94. The average Bonchev–Trinajstić information content (AvgIpc) is 2.95. The summed E-state index contributed by atoms with van der Waals surface area (Å²) in [5, 5.41) is 15.9. The molecule has 0 aliphatic rings. The number of primary sulfonamides is 1. The van der Waals surface area contributed by atoms with Crippen molar-refractivity contribution in [2.75, 3.05) is 0 Å². The predicted octanol–water partition coefficient (Wildman–Crippen LogP) is 5.04. The Kier molecular flexibility index (Phi) is 5.91. The average molecular weight is 474 g/mol. The molecule has 2 N–H and O–H groups in total. The van der Waals surface area contributed by atoms with Crippen molar-refractivity contribution < 1.29 is 8.42 Å². The Balaban J connectivity index is 2.16. The fourth-order valence-electron chi connectivity index (χ4n) is 4.42. The standard InChI is InChI=1S/C22H24BrN3O2S/c1-5-16(21-13(2)8-14(3)22(15(21)4)29(25,27)28)11-26-12-17(10-24)19-9-18(23)6-7-20(19)26/h6-9,12,16H,5,11H2,1-4H3,(H2,25,27,28)/t16-/m1/s1. The Morgan fingerprint density at radius 3 is 2.48 bits per heavy atom. The van der Waals surface area contributed by atoms with Crippen LogP contribution < -0.4 is 5.14 Å². The second-order valence-electron chi connectivity index (χ2n) is 7.50. The zero-order chi connectivity index (χ0) is 21.5. The highest BCUT2D eigenvalue weighted by Crippen LogP contribution is 2.35. The van der Waals surface area contributed by atoms with E-state index in [2.05, 4.69) is 33.5 Å². The molecule has 3 rings (SSSR count). The number of fused-ring (bicyclic) bond motifs is 1. The van der Waals surface area contributed by atoms with Gasteiger partial charge < -0.3 is 4.57 Å². The van der Waals surface area contributed by atoms with Crippen LogP contribution in [0.1, 0.15) is 47.1 Å². The molecule has 0 radical (unpaired) electrons. The van der Waals surface area contributed by atoms with Crippen molar-refractivity contribution in [3.05, 3.63) is 62.8 Å². The maximum absolute atomic E-state index is 12.2. The quantitative estimate of drug-likeness (QED) is 0.562. The number of aryl methyl sites for hydroxylation is 2. The molecule has 29 heavy (non-hydrogen) atoms. The van der Waals surface area contributed by atoms with E-state index in [1.165, 1.54) is 0 Å². The molecule has 1 atom stereocenters. The predicted molar refractivity (Wildman–Crippen MR) is 119 cm³/mol. The lowest BCUT2D eigenvalue weighted by Crippen LogP contribution is -2.19. The molecule has 1 heterocycles. The summed E-state index contributed by atoms with van der Waals surface area (Å²) in [5.41, 5.74) is 5.07. The monoisotopic (exact) mass is 473 g/mol. The largest absolute Gasteiger partial charge is 0.345 e. The molecule has 0 saturated heterocycles. The number of rotatable bonds is 5. The summed E-state index contributed by atoms with van der Waals surface area (Å²) in [4.78, 5) is 0.218. The van der Waals surface area contributed by atoms with E-state index >= 15 is 0 Å². The number of nitrogens with two attached hydrogens (primary N) is 1. The molecule has 1 aromatic heterocycles. The molecule has 0 unspecified atom stereocenters. The number of aromatic nitrogens is 1. The molecule has 0 amide bonds. The Hall–Kier alpha value is -2.14. The van der Waals surface area contributed by atoms with Crippen LogP contribution in [0.25, 0.3) is 10.9 Å². The van der Waals surface area contributed by atoms with Gasteiger partial charge in [0.1, 0.15) is 6.07 Å². The number of nitrogens with zero attached hydrogens (tertiary/aromatic N) is 2. The van der Waals surface area contributed by atoms with E-state index in [0.717, 1.165) is 38.5 Å². The number of nitriles is 1. The Morgan fingerprint density at radius 2 is 1.90 bits per heavy atom. The lowest BCUT2D eigenvalue weighted by Gasteiger charge is -2.24. The van der Waals surface area contributed by atoms with Gasteiger partial charge in [0.2, 0.25) is 10.0 Å². The van der Waals surface area contributed by atoms with Crippen LogP contribution in [0.15, 0.2) is 39.8 Å². The number of sulfonamides is 1. The molecule has 5 nitrogen and oxygen atoms in total. The van der Waals surface area contributed by atoms with E-state index in [-0.39, 0.29) is 10.8 Å². The number of benzene rings is 2. The number of halogens is 1. The fraction of sp³-hybridized carbons (Fsp3) is 0.318. The minimum atomic E-state index is -3.81. The number of hydrogen-bond acceptors (Lipinski definition) is 3. The maximum atomic E-state index is 12.2. The molecule has 0 spiro atoms. The van der Waals surface area contributed by atoms with E-state index in [1.807, 2.05) is 44.3 Å². The topological polar surface area (TPSA) is 88.9 Å². The van der Waals surface area contributed by atoms with E-state index in [9.17, 15) is 13.7 Å². The third-order valence-corrected chi connectivity index (χ3v) is 7.22. The summed E-state index contributed by atoms with van der Waals surface area (Å²) in [5.74, 6) is 0.0851. The van der Waals surface area contributed by atoms with Gasteiger partial charge in [-0.3, -0.25) is 0 Å². The van der Waals surface area contributed by atoms with Crippen molar-refractivity contribution >= 4 is 36.9 Å². The molecule has 0 saturated carbocycles. The normalized spacial score (nSPS) is 12.9. The van der Waals surface area contributed by atoms with Gasteiger partial charge in [0.15, 0.2) is 0 Å². The van der Waals surface area contributed by atoms with Crippen molar-refractivity contribution in [2.45, 2.75) is 51.5 Å². The molecule has 0 aliphatic carbocycles. The lowest BCUT2D eigenvalue weighted by atomic mass is 9.87. The first-order chi connectivity index (χ1) is 13.6. The first-order valence-electron chi connectivity index (χ1n) is 9.40. The van der Waals surface area contributed by atoms with Gasteiger partial charge in [0.25, 0.3) is 0 Å². The molecule has 2 aromatic carbocycles. The van der Waals surface area contributed by atoms with Crippen molar-refractivity contribution in [2.24, 2.45) is 5.14 Å². The molecule has 0 aliphatic heterocycles. The van der Waals surface area contributed by atoms with Crippen molar-refractivity contribution in [3.63, 3.8) is 0 Å². The summed E-state index contributed by atoms with van der Waals surface area (Å²) in [6.45, 7) is 8.36. The van der Waals surface area contributed by atoms with Gasteiger partial charge >= 0.3 is 0 Å². The van der Waals surface area contributed by atoms with Gasteiger partial charge in [-0.05, 0) is 67.6 Å². The van der Waals surface area contributed by atoms with Crippen molar-refractivity contribution in [1.82, 2.24) is 4.57 Å². The summed E-state index contributed by atoms with van der Waals surface area (Å²) < 4.78 is 27.4. The molecular weight excluding hydrogens is 450 g/mol. The van der Waals surface area contributed by atoms with Crippen LogP contribution in [0.4, 0.5) is 0 Å². The summed E-state index contributed by atoms with van der Waals surface area (Å²) in [6, 6.07) is 10.1. The Labute approximate surface area is 180 Å². The molecular formula is C22H24BrN3O2S. The van der Waals surface area contributed by atoms with Gasteiger partial charge in [0, 0.05) is 34.0 Å². The van der Waals surface area contributed by atoms with E-state index in [0.29, 0.717) is 17.7 Å². The third kappa shape index (κ3) is 3.97. The van der Waals surface area contributed by atoms with Gasteiger partial charge in [-0.15, -0.1) is 0 Å². The van der Waals surface area contributed by atoms with E-state index < -0.39 is 10.0 Å². The van der Waals surface area contributed by atoms with Crippen LogP contribution in [0.5, 0.6) is 0 Å². The first-order valence-corrected chi connectivity index (χ1v) is 11.7. The minimum absolute atomic E-state index is 0.0851. The lowest BCUT2D eigenvalue weighted by molar-refractivity contribution is 0.549. The van der Waals surface area contributed by atoms with Crippen molar-refractivity contribution in [1.29, 1.82) is 5.26 Å². The third-order valence-electron chi connectivity index (χ3n) is 5.53. The molecule has 152 valence electrons. The van der Waals surface area contributed by atoms with Crippen LogP contribution in [-0.4, -0.2) is 13.0 Å². The van der Waals surface area contributed by atoms with Crippen LogP contribution in [0, 0.1) is 32.1 Å². The zero-order valence-electron chi connectivity index (χ0n) is 17.0. The van der Waals surface area contributed by atoms with Gasteiger partial charge in [-0.1, -0.05) is 28.9 Å². The van der Waals surface area contributed by atoms with E-state index in [1.54, 1.807) is 6.92 Å². The minimum Gasteiger partial charge on any atom is -0.345 e. The molecule has 3 aromatic rings. The second-order valence-corrected chi connectivity index (χ2v) is 9.91. The molecule has 7 heteroatoms. The fourth-order valence-corrected chi connectivity index (χ4v) is 5.82. The SMILES string of the molecule is CC[C@H](Cn1cc(C#N)c2cc(Br)ccc21)c1c(C)cc(C)c(S(N)(=O)=O)c1C. The highest BCUT2D eigenvalue weighted by molar-refractivity contribution is 9.10. The van der Waals surface area contributed by atoms with Gasteiger partial charge in [-0.2, -0.15) is 5.26 Å². The van der Waals surface area contributed by atoms with Crippen LogP contribution >= 0.6 is 15.9 Å². The van der Waals surface area contributed by atoms with Gasteiger partial charge in [-0.25, -0.2) is 13.6 Å². The van der Waals surface area contributed by atoms with Gasteiger partial charge in [0.05, 0.1) is 10.5 Å². The van der Waals surface area contributed by atoms with Crippen LogP contribution in [-0.2, 0) is 16.6 Å².